The SMILES string of the molecule is CC(C)C1CCCN1C(=O)[C@H]1CNC[C@@H]1c1cnn(C)c1. The van der Waals surface area contributed by atoms with Gasteiger partial charge in [0, 0.05) is 44.8 Å². The molecule has 0 saturated carbocycles. The van der Waals surface area contributed by atoms with E-state index in [1.54, 1.807) is 0 Å². The molecular weight excluding hydrogens is 264 g/mol. The van der Waals surface area contributed by atoms with E-state index in [0.717, 1.165) is 32.5 Å². The lowest BCUT2D eigenvalue weighted by Crippen LogP contribution is -2.43. The van der Waals surface area contributed by atoms with Gasteiger partial charge < -0.3 is 10.2 Å². The quantitative estimate of drug-likeness (QED) is 0.915. The van der Waals surface area contributed by atoms with Crippen LogP contribution in [0.25, 0.3) is 0 Å². The molecule has 1 aromatic rings. The van der Waals surface area contributed by atoms with E-state index >= 15 is 0 Å². The molecular formula is C16H26N4O. The van der Waals surface area contributed by atoms with Crippen molar-refractivity contribution >= 4 is 5.91 Å². The van der Waals surface area contributed by atoms with Gasteiger partial charge in [-0.2, -0.15) is 5.10 Å². The zero-order valence-electron chi connectivity index (χ0n) is 13.2. The molecule has 1 unspecified atom stereocenters. The van der Waals surface area contributed by atoms with Gasteiger partial charge in [0.1, 0.15) is 0 Å². The number of hydrogen-bond donors (Lipinski definition) is 1. The van der Waals surface area contributed by atoms with Crippen molar-refractivity contribution in [2.75, 3.05) is 19.6 Å². The Morgan fingerprint density at radius 2 is 2.24 bits per heavy atom. The van der Waals surface area contributed by atoms with E-state index in [1.165, 1.54) is 5.56 Å². The van der Waals surface area contributed by atoms with Crippen molar-refractivity contribution in [1.82, 2.24) is 20.0 Å². The molecule has 5 heteroatoms. The summed E-state index contributed by atoms with van der Waals surface area (Å²) in [5.74, 6) is 1.21. The van der Waals surface area contributed by atoms with E-state index in [-0.39, 0.29) is 11.8 Å². The van der Waals surface area contributed by atoms with Gasteiger partial charge in [-0.05, 0) is 24.3 Å². The van der Waals surface area contributed by atoms with E-state index in [4.69, 9.17) is 0 Å². The third kappa shape index (κ3) is 2.71. The maximum atomic E-state index is 13.0. The molecule has 2 aliphatic rings. The van der Waals surface area contributed by atoms with Gasteiger partial charge >= 0.3 is 0 Å². The fraction of sp³-hybridized carbons (Fsp3) is 0.750. The maximum Gasteiger partial charge on any atom is 0.227 e. The minimum atomic E-state index is 0.0635. The first kappa shape index (κ1) is 14.6. The Kier molecular flexibility index (Phi) is 4.02. The molecule has 0 radical (unpaired) electrons. The van der Waals surface area contributed by atoms with Gasteiger partial charge in [-0.3, -0.25) is 9.48 Å². The van der Waals surface area contributed by atoms with Crippen LogP contribution >= 0.6 is 0 Å². The average molecular weight is 290 g/mol. The number of hydrogen-bond acceptors (Lipinski definition) is 3. The Morgan fingerprint density at radius 3 is 2.90 bits per heavy atom. The molecule has 1 N–H and O–H groups in total. The van der Waals surface area contributed by atoms with Crippen LogP contribution in [0.4, 0.5) is 0 Å². The molecule has 3 atom stereocenters. The molecule has 1 amide bonds. The fourth-order valence-electron chi connectivity index (χ4n) is 3.89. The molecule has 2 aliphatic heterocycles. The van der Waals surface area contributed by atoms with E-state index in [1.807, 2.05) is 24.1 Å². The van der Waals surface area contributed by atoms with Crippen molar-refractivity contribution in [3.05, 3.63) is 18.0 Å². The molecule has 2 saturated heterocycles. The van der Waals surface area contributed by atoms with Gasteiger partial charge in [0.2, 0.25) is 5.91 Å². The highest BCUT2D eigenvalue weighted by Gasteiger charge is 2.40. The number of amides is 1. The van der Waals surface area contributed by atoms with Crippen LogP contribution in [0.2, 0.25) is 0 Å². The lowest BCUT2D eigenvalue weighted by molar-refractivity contribution is -0.137. The Labute approximate surface area is 126 Å². The zero-order chi connectivity index (χ0) is 15.0. The van der Waals surface area contributed by atoms with Crippen molar-refractivity contribution in [2.24, 2.45) is 18.9 Å². The first-order valence-corrected chi connectivity index (χ1v) is 8.07. The summed E-state index contributed by atoms with van der Waals surface area (Å²) < 4.78 is 1.82. The summed E-state index contributed by atoms with van der Waals surface area (Å²) in [6, 6.07) is 0.424. The number of aryl methyl sites for hydroxylation is 1. The van der Waals surface area contributed by atoms with Gasteiger partial charge in [0.15, 0.2) is 0 Å². The minimum Gasteiger partial charge on any atom is -0.339 e. The van der Waals surface area contributed by atoms with Crippen LogP contribution in [0.1, 0.15) is 38.2 Å². The second-order valence-corrected chi connectivity index (χ2v) is 6.80. The predicted octanol–water partition coefficient (Wildman–Crippen LogP) is 1.37. The molecule has 116 valence electrons. The van der Waals surface area contributed by atoms with E-state index < -0.39 is 0 Å². The first-order valence-electron chi connectivity index (χ1n) is 8.07. The highest BCUT2D eigenvalue weighted by Crippen LogP contribution is 2.33. The highest BCUT2D eigenvalue weighted by atomic mass is 16.2. The Bertz CT molecular complexity index is 510. The Balaban J connectivity index is 1.77. The van der Waals surface area contributed by atoms with E-state index in [0.29, 0.717) is 17.9 Å². The van der Waals surface area contributed by atoms with Gasteiger partial charge in [-0.25, -0.2) is 0 Å². The van der Waals surface area contributed by atoms with Crippen molar-refractivity contribution in [1.29, 1.82) is 0 Å². The third-order valence-electron chi connectivity index (χ3n) is 5.04. The van der Waals surface area contributed by atoms with Gasteiger partial charge in [0.25, 0.3) is 0 Å². The summed E-state index contributed by atoms with van der Waals surface area (Å²) in [5, 5.41) is 7.65. The topological polar surface area (TPSA) is 50.2 Å². The zero-order valence-corrected chi connectivity index (χ0v) is 13.2. The number of rotatable bonds is 3. The molecule has 0 spiro atoms. The summed E-state index contributed by atoms with van der Waals surface area (Å²) in [4.78, 5) is 15.2. The summed E-state index contributed by atoms with van der Waals surface area (Å²) in [7, 11) is 1.93. The number of nitrogens with one attached hydrogen (secondary N) is 1. The molecule has 5 nitrogen and oxygen atoms in total. The standard InChI is InChI=1S/C16H26N4O/c1-11(2)15-5-4-6-20(15)16(21)14-9-17-8-13(14)12-7-18-19(3)10-12/h7,10-11,13-15,17H,4-6,8-9H2,1-3H3/t13-,14+,15?/m1/s1. The van der Waals surface area contributed by atoms with E-state index in [2.05, 4.69) is 29.2 Å². The number of carbonyl (C=O) groups excluding carboxylic acids is 1. The molecule has 0 aliphatic carbocycles. The molecule has 3 rings (SSSR count). The smallest absolute Gasteiger partial charge is 0.227 e. The average Bonchev–Trinajstić information content (AvgIpc) is 3.17. The van der Waals surface area contributed by atoms with Crippen LogP contribution in [0.5, 0.6) is 0 Å². The van der Waals surface area contributed by atoms with Gasteiger partial charge in [-0.1, -0.05) is 13.8 Å². The summed E-state index contributed by atoms with van der Waals surface area (Å²) in [6.45, 7) is 7.05. The van der Waals surface area contributed by atoms with Crippen molar-refractivity contribution < 1.29 is 4.79 Å². The lowest BCUT2D eigenvalue weighted by atomic mass is 9.89. The molecule has 0 aromatic carbocycles. The van der Waals surface area contributed by atoms with Crippen molar-refractivity contribution in [3.63, 3.8) is 0 Å². The Morgan fingerprint density at radius 1 is 1.43 bits per heavy atom. The van der Waals surface area contributed by atoms with Crippen LogP contribution in [0.15, 0.2) is 12.4 Å². The van der Waals surface area contributed by atoms with Crippen LogP contribution in [-0.4, -0.2) is 46.3 Å². The van der Waals surface area contributed by atoms with Crippen LogP contribution in [0.3, 0.4) is 0 Å². The second kappa shape index (κ2) is 5.79. The molecule has 3 heterocycles. The lowest BCUT2D eigenvalue weighted by Gasteiger charge is -2.31. The third-order valence-corrected chi connectivity index (χ3v) is 5.04. The number of nitrogens with zero attached hydrogens (tertiary/aromatic N) is 3. The minimum absolute atomic E-state index is 0.0635. The molecule has 2 fully saturated rings. The second-order valence-electron chi connectivity index (χ2n) is 6.80. The van der Waals surface area contributed by atoms with Crippen LogP contribution in [-0.2, 0) is 11.8 Å². The predicted molar refractivity (Wildman–Crippen MR) is 81.9 cm³/mol. The largest absolute Gasteiger partial charge is 0.339 e. The van der Waals surface area contributed by atoms with Crippen molar-refractivity contribution in [2.45, 2.75) is 38.6 Å². The number of likely N-dealkylation sites (tertiary alicyclic amines) is 1. The first-order chi connectivity index (χ1) is 10.1. The summed E-state index contributed by atoms with van der Waals surface area (Å²) in [5.41, 5.74) is 1.18. The van der Waals surface area contributed by atoms with E-state index in [9.17, 15) is 4.79 Å². The number of carbonyl (C=O) groups is 1. The van der Waals surface area contributed by atoms with Crippen LogP contribution in [0, 0.1) is 11.8 Å². The summed E-state index contributed by atoms with van der Waals surface area (Å²) >= 11 is 0. The van der Waals surface area contributed by atoms with Gasteiger partial charge in [0.05, 0.1) is 12.1 Å². The van der Waals surface area contributed by atoms with Crippen molar-refractivity contribution in [3.8, 4) is 0 Å². The Hall–Kier alpha value is -1.36. The molecule has 21 heavy (non-hydrogen) atoms. The molecule has 1 aromatic heterocycles. The van der Waals surface area contributed by atoms with Gasteiger partial charge in [-0.15, -0.1) is 0 Å². The molecule has 0 bridgehead atoms. The summed E-state index contributed by atoms with van der Waals surface area (Å²) in [6.07, 6.45) is 6.25. The number of aromatic nitrogens is 2. The fourth-order valence-corrected chi connectivity index (χ4v) is 3.89. The highest BCUT2D eigenvalue weighted by molar-refractivity contribution is 5.81. The monoisotopic (exact) mass is 290 g/mol. The normalized spacial score (nSPS) is 29.5. The maximum absolute atomic E-state index is 13.0. The van der Waals surface area contributed by atoms with Crippen LogP contribution < -0.4 is 5.32 Å².